The van der Waals surface area contributed by atoms with Crippen molar-refractivity contribution in [3.63, 3.8) is 0 Å². The lowest BCUT2D eigenvalue weighted by atomic mass is 10.2. The van der Waals surface area contributed by atoms with Crippen molar-refractivity contribution in [3.05, 3.63) is 77.1 Å². The number of aromatic nitrogens is 2. The molecule has 0 radical (unpaired) electrons. The predicted octanol–water partition coefficient (Wildman–Crippen LogP) is 3.89. The average molecular weight is 404 g/mol. The molecule has 0 unspecified atom stereocenters. The highest BCUT2D eigenvalue weighted by atomic mass is 16.5. The molecule has 154 valence electrons. The molecule has 0 N–H and O–H groups in total. The van der Waals surface area contributed by atoms with Crippen LogP contribution in [0.15, 0.2) is 54.6 Å². The molecule has 7 nitrogen and oxygen atoms in total. The number of ether oxygens (including phenoxy) is 2. The molecule has 0 spiro atoms. The number of carbonyl (C=O) groups is 1. The van der Waals surface area contributed by atoms with Crippen LogP contribution in [-0.2, 0) is 24.8 Å². The Bertz CT molecular complexity index is 1030. The minimum atomic E-state index is -0.135. The van der Waals surface area contributed by atoms with Gasteiger partial charge in [-0.25, -0.2) is 0 Å². The summed E-state index contributed by atoms with van der Waals surface area (Å²) in [5, 5.41) is 13.2. The van der Waals surface area contributed by atoms with E-state index in [9.17, 15) is 4.79 Å². The van der Waals surface area contributed by atoms with Crippen LogP contribution in [0.25, 0.3) is 0 Å². The zero-order valence-corrected chi connectivity index (χ0v) is 17.3. The minimum absolute atomic E-state index is 0.135. The summed E-state index contributed by atoms with van der Waals surface area (Å²) in [5.41, 5.74) is 2.94. The maximum atomic E-state index is 13.0. The molecular formula is C23H24N4O3. The number of rotatable bonds is 8. The van der Waals surface area contributed by atoms with Crippen LogP contribution in [0.5, 0.6) is 11.5 Å². The fourth-order valence-electron chi connectivity index (χ4n) is 3.01. The molecule has 0 saturated carbocycles. The number of benzene rings is 2. The van der Waals surface area contributed by atoms with Crippen LogP contribution >= 0.6 is 0 Å². The maximum absolute atomic E-state index is 13.0. The van der Waals surface area contributed by atoms with E-state index in [1.54, 1.807) is 48.0 Å². The van der Waals surface area contributed by atoms with Gasteiger partial charge in [0, 0.05) is 20.7 Å². The lowest BCUT2D eigenvalue weighted by Crippen LogP contribution is -2.33. The van der Waals surface area contributed by atoms with Gasteiger partial charge in [-0.1, -0.05) is 19.1 Å². The Balaban J connectivity index is 1.70. The first-order chi connectivity index (χ1) is 14.5. The van der Waals surface area contributed by atoms with Gasteiger partial charge in [0.15, 0.2) is 0 Å². The van der Waals surface area contributed by atoms with E-state index in [0.29, 0.717) is 29.3 Å². The number of amides is 1. The van der Waals surface area contributed by atoms with Gasteiger partial charge in [0.25, 0.3) is 5.91 Å². The van der Waals surface area contributed by atoms with Gasteiger partial charge in [-0.05, 0) is 54.4 Å². The summed E-state index contributed by atoms with van der Waals surface area (Å²) < 4.78 is 12.7. The fourth-order valence-corrected chi connectivity index (χ4v) is 3.01. The van der Waals surface area contributed by atoms with Crippen molar-refractivity contribution in [1.29, 1.82) is 5.26 Å². The summed E-state index contributed by atoms with van der Waals surface area (Å²) in [6, 6.07) is 18.3. The molecular weight excluding hydrogens is 380 g/mol. The van der Waals surface area contributed by atoms with Crippen molar-refractivity contribution in [3.8, 4) is 17.6 Å². The number of methoxy groups -OCH3 is 1. The molecule has 3 rings (SSSR count). The normalized spacial score (nSPS) is 10.5. The molecule has 0 atom stereocenters. The molecule has 3 aromatic rings. The van der Waals surface area contributed by atoms with Crippen molar-refractivity contribution < 1.29 is 14.3 Å². The van der Waals surface area contributed by atoms with Crippen LogP contribution in [0, 0.1) is 11.3 Å². The molecule has 0 saturated heterocycles. The van der Waals surface area contributed by atoms with Crippen LogP contribution in [0.1, 0.15) is 34.2 Å². The Labute approximate surface area is 176 Å². The third-order valence-corrected chi connectivity index (χ3v) is 4.60. The number of nitriles is 1. The van der Waals surface area contributed by atoms with Gasteiger partial charge in [0.2, 0.25) is 0 Å². The second-order valence-electron chi connectivity index (χ2n) is 6.80. The first-order valence-electron chi connectivity index (χ1n) is 9.62. The zero-order valence-electron chi connectivity index (χ0n) is 17.3. The number of aryl methyl sites for hydroxylation is 2. The Morgan fingerprint density at radius 1 is 1.13 bits per heavy atom. The molecule has 1 heterocycles. The van der Waals surface area contributed by atoms with Crippen LogP contribution in [0.3, 0.4) is 0 Å². The van der Waals surface area contributed by atoms with Gasteiger partial charge in [-0.3, -0.25) is 9.48 Å². The van der Waals surface area contributed by atoms with Crippen molar-refractivity contribution in [2.75, 3.05) is 13.8 Å². The second-order valence-corrected chi connectivity index (χ2v) is 6.80. The van der Waals surface area contributed by atoms with Gasteiger partial charge in [0.05, 0.1) is 17.3 Å². The molecule has 30 heavy (non-hydrogen) atoms. The van der Waals surface area contributed by atoms with E-state index >= 15 is 0 Å². The number of nitrogens with zero attached hydrogens (tertiary/aromatic N) is 4. The van der Waals surface area contributed by atoms with E-state index in [1.807, 2.05) is 37.3 Å². The van der Waals surface area contributed by atoms with E-state index in [4.69, 9.17) is 14.7 Å². The molecule has 0 bridgehead atoms. The maximum Gasteiger partial charge on any atom is 0.274 e. The fraction of sp³-hybridized carbons (Fsp3) is 0.261. The van der Waals surface area contributed by atoms with Crippen molar-refractivity contribution in [2.24, 2.45) is 7.05 Å². The van der Waals surface area contributed by atoms with Gasteiger partial charge < -0.3 is 14.4 Å². The number of carbonyl (C=O) groups excluding carboxylic acids is 1. The Morgan fingerprint density at radius 2 is 1.77 bits per heavy atom. The average Bonchev–Trinajstić information content (AvgIpc) is 3.15. The summed E-state index contributed by atoms with van der Waals surface area (Å²) in [6.45, 7) is 2.58. The smallest absolute Gasteiger partial charge is 0.274 e. The van der Waals surface area contributed by atoms with Crippen LogP contribution in [-0.4, -0.2) is 34.4 Å². The summed E-state index contributed by atoms with van der Waals surface area (Å²) in [5.74, 6) is 1.19. The summed E-state index contributed by atoms with van der Waals surface area (Å²) in [6.07, 6.45) is 0.770. The zero-order chi connectivity index (χ0) is 21.5. The third-order valence-electron chi connectivity index (χ3n) is 4.60. The van der Waals surface area contributed by atoms with E-state index in [1.165, 1.54) is 0 Å². The quantitative estimate of drug-likeness (QED) is 0.532. The highest BCUT2D eigenvalue weighted by molar-refractivity contribution is 5.92. The van der Waals surface area contributed by atoms with Gasteiger partial charge in [0.1, 0.15) is 23.9 Å². The van der Waals surface area contributed by atoms with E-state index in [2.05, 4.69) is 11.2 Å². The predicted molar refractivity (Wildman–Crippen MR) is 112 cm³/mol. The van der Waals surface area contributed by atoms with E-state index in [-0.39, 0.29) is 12.6 Å². The van der Waals surface area contributed by atoms with E-state index < -0.39 is 0 Å². The molecule has 0 fully saturated rings. The first-order valence-corrected chi connectivity index (χ1v) is 9.62. The minimum Gasteiger partial charge on any atom is -0.457 e. The largest absolute Gasteiger partial charge is 0.457 e. The number of hydrogen-bond donors (Lipinski definition) is 0. The molecule has 0 aliphatic carbocycles. The lowest BCUT2D eigenvalue weighted by molar-refractivity contribution is 0.0380. The lowest BCUT2D eigenvalue weighted by Gasteiger charge is -2.22. The highest BCUT2D eigenvalue weighted by Crippen LogP contribution is 2.22. The van der Waals surface area contributed by atoms with Crippen molar-refractivity contribution in [1.82, 2.24) is 14.7 Å². The molecule has 2 aromatic carbocycles. The van der Waals surface area contributed by atoms with E-state index in [0.717, 1.165) is 17.7 Å². The molecule has 7 heteroatoms. The standard InChI is InChI=1S/C23H24N4O3/c1-4-19-13-22(26(2)25-19)23(28)27(16-29-3)15-18-7-11-21(12-8-18)30-20-9-5-17(14-24)6-10-20/h5-13H,4,15-16H2,1-3H3. The topological polar surface area (TPSA) is 80.4 Å². The number of hydrogen-bond acceptors (Lipinski definition) is 5. The van der Waals surface area contributed by atoms with Gasteiger partial charge >= 0.3 is 0 Å². The monoisotopic (exact) mass is 404 g/mol. The summed E-state index contributed by atoms with van der Waals surface area (Å²) >= 11 is 0. The van der Waals surface area contributed by atoms with Gasteiger partial charge in [-0.2, -0.15) is 10.4 Å². The summed E-state index contributed by atoms with van der Waals surface area (Å²) in [7, 11) is 3.34. The Hall–Kier alpha value is -3.63. The Kier molecular flexibility index (Phi) is 6.83. The molecule has 1 aromatic heterocycles. The van der Waals surface area contributed by atoms with Crippen molar-refractivity contribution >= 4 is 5.91 Å². The van der Waals surface area contributed by atoms with Gasteiger partial charge in [-0.15, -0.1) is 0 Å². The third kappa shape index (κ3) is 5.04. The molecule has 1 amide bonds. The summed E-state index contributed by atoms with van der Waals surface area (Å²) in [4.78, 5) is 14.6. The molecule has 0 aliphatic rings. The Morgan fingerprint density at radius 3 is 2.30 bits per heavy atom. The molecule has 0 aliphatic heterocycles. The van der Waals surface area contributed by atoms with Crippen LogP contribution < -0.4 is 4.74 Å². The van der Waals surface area contributed by atoms with Crippen LogP contribution in [0.2, 0.25) is 0 Å². The SMILES string of the molecule is CCc1cc(C(=O)N(COC)Cc2ccc(Oc3ccc(C#N)cc3)cc2)n(C)n1. The van der Waals surface area contributed by atoms with Crippen molar-refractivity contribution in [2.45, 2.75) is 19.9 Å². The highest BCUT2D eigenvalue weighted by Gasteiger charge is 2.20. The first kappa shape index (κ1) is 21.1. The van der Waals surface area contributed by atoms with Crippen LogP contribution in [0.4, 0.5) is 0 Å². The second kappa shape index (κ2) is 9.72.